The van der Waals surface area contributed by atoms with Gasteiger partial charge >= 0.3 is 5.97 Å². The molecule has 0 saturated carbocycles. The molecule has 0 aliphatic carbocycles. The summed E-state index contributed by atoms with van der Waals surface area (Å²) in [7, 11) is 0. The van der Waals surface area contributed by atoms with E-state index in [0.29, 0.717) is 5.57 Å². The summed E-state index contributed by atoms with van der Waals surface area (Å²) in [6.07, 6.45) is -0.829. The predicted octanol–water partition coefficient (Wildman–Crippen LogP) is 1.81. The number of hydrogen-bond donors (Lipinski definition) is 0. The molecule has 1 saturated heterocycles. The van der Waals surface area contributed by atoms with Crippen molar-refractivity contribution in [1.82, 2.24) is 0 Å². The molecule has 1 heterocycles. The minimum Gasteiger partial charge on any atom is -0.427 e. The van der Waals surface area contributed by atoms with Crippen LogP contribution in [-0.2, 0) is 19.3 Å². The van der Waals surface area contributed by atoms with E-state index in [1.54, 1.807) is 6.92 Å². The summed E-state index contributed by atoms with van der Waals surface area (Å²) in [6, 6.07) is 0. The molecule has 1 rings (SSSR count). The first-order valence-electron chi connectivity index (χ1n) is 4.51. The van der Waals surface area contributed by atoms with Crippen LogP contribution in [0.5, 0.6) is 0 Å². The van der Waals surface area contributed by atoms with Crippen LogP contribution in [0.1, 0.15) is 27.7 Å². The van der Waals surface area contributed by atoms with Gasteiger partial charge in [-0.3, -0.25) is 0 Å². The number of carbonyl (C=O) groups excluding carboxylic acids is 1. The van der Waals surface area contributed by atoms with Crippen molar-refractivity contribution in [2.45, 2.75) is 40.1 Å². The Hall–Kier alpha value is -0.870. The van der Waals surface area contributed by atoms with Crippen LogP contribution in [0.15, 0.2) is 12.2 Å². The predicted molar refractivity (Wildman–Crippen MR) is 50.1 cm³/mol. The fourth-order valence-corrected chi connectivity index (χ4v) is 0.997. The van der Waals surface area contributed by atoms with Gasteiger partial charge in [-0.15, -0.1) is 0 Å². The fourth-order valence-electron chi connectivity index (χ4n) is 0.997. The largest absolute Gasteiger partial charge is 0.427 e. The Bertz CT molecular complexity index is 251. The van der Waals surface area contributed by atoms with Crippen LogP contribution >= 0.6 is 0 Å². The molecule has 4 nitrogen and oxygen atoms in total. The van der Waals surface area contributed by atoms with Gasteiger partial charge in [0.05, 0.1) is 0 Å². The summed E-state index contributed by atoms with van der Waals surface area (Å²) < 4.78 is 5.00. The van der Waals surface area contributed by atoms with Crippen LogP contribution in [0.2, 0.25) is 0 Å². The van der Waals surface area contributed by atoms with Crippen molar-refractivity contribution >= 4 is 5.97 Å². The van der Waals surface area contributed by atoms with Crippen molar-refractivity contribution in [1.29, 1.82) is 0 Å². The Morgan fingerprint density at radius 3 is 2.21 bits per heavy atom. The Morgan fingerprint density at radius 1 is 1.36 bits per heavy atom. The maximum atomic E-state index is 11.2. The Labute approximate surface area is 83.8 Å². The lowest BCUT2D eigenvalue weighted by Gasteiger charge is -2.41. The van der Waals surface area contributed by atoms with E-state index in [1.807, 2.05) is 20.8 Å². The molecule has 0 aromatic carbocycles. The smallest absolute Gasteiger partial charge is 0.335 e. The average Bonchev–Trinajstić information content (AvgIpc) is 1.93. The molecule has 1 aliphatic heterocycles. The SMILES string of the molecule is C=C(C)C(=O)OC1OOC1C(C)(C)C. The molecule has 0 amide bonds. The standard InChI is InChI=1S/C10H16O4/c1-6(2)8(11)12-9-7(13-14-9)10(3,4)5/h7,9H,1H2,2-5H3. The number of rotatable bonds is 2. The summed E-state index contributed by atoms with van der Waals surface area (Å²) in [4.78, 5) is 20.7. The first-order chi connectivity index (χ1) is 6.32. The van der Waals surface area contributed by atoms with Crippen LogP contribution in [-0.4, -0.2) is 18.4 Å². The van der Waals surface area contributed by atoms with Gasteiger partial charge in [0.1, 0.15) is 0 Å². The van der Waals surface area contributed by atoms with Crippen molar-refractivity contribution in [2.75, 3.05) is 0 Å². The van der Waals surface area contributed by atoms with Crippen LogP contribution in [0.3, 0.4) is 0 Å². The highest BCUT2D eigenvalue weighted by Crippen LogP contribution is 2.34. The van der Waals surface area contributed by atoms with Gasteiger partial charge in [-0.1, -0.05) is 27.4 Å². The van der Waals surface area contributed by atoms with E-state index in [2.05, 4.69) is 6.58 Å². The second kappa shape index (κ2) is 3.71. The molecule has 0 bridgehead atoms. The van der Waals surface area contributed by atoms with Gasteiger partial charge in [0.15, 0.2) is 6.10 Å². The molecular formula is C10H16O4. The van der Waals surface area contributed by atoms with Crippen LogP contribution in [0.4, 0.5) is 0 Å². The topological polar surface area (TPSA) is 44.8 Å². The van der Waals surface area contributed by atoms with Gasteiger partial charge in [-0.05, 0) is 12.3 Å². The monoisotopic (exact) mass is 200 g/mol. The highest BCUT2D eigenvalue weighted by Gasteiger charge is 2.46. The third kappa shape index (κ3) is 2.33. The zero-order chi connectivity index (χ0) is 10.9. The molecule has 14 heavy (non-hydrogen) atoms. The van der Waals surface area contributed by atoms with Crippen molar-refractivity contribution in [2.24, 2.45) is 5.41 Å². The third-order valence-electron chi connectivity index (χ3n) is 1.93. The van der Waals surface area contributed by atoms with Crippen molar-refractivity contribution in [3.05, 3.63) is 12.2 Å². The normalized spacial score (nSPS) is 26.6. The number of esters is 1. The molecule has 2 atom stereocenters. The van der Waals surface area contributed by atoms with Crippen molar-refractivity contribution in [3.63, 3.8) is 0 Å². The van der Waals surface area contributed by atoms with Crippen LogP contribution in [0.25, 0.3) is 0 Å². The molecule has 1 fully saturated rings. The minimum absolute atomic E-state index is 0.113. The van der Waals surface area contributed by atoms with E-state index in [4.69, 9.17) is 14.5 Å². The molecule has 4 heteroatoms. The number of carbonyl (C=O) groups is 1. The van der Waals surface area contributed by atoms with Crippen LogP contribution in [0, 0.1) is 5.41 Å². The molecule has 0 N–H and O–H groups in total. The van der Waals surface area contributed by atoms with Gasteiger partial charge in [0, 0.05) is 5.57 Å². The molecule has 0 radical (unpaired) electrons. The van der Waals surface area contributed by atoms with E-state index in [-0.39, 0.29) is 11.5 Å². The van der Waals surface area contributed by atoms with Crippen molar-refractivity contribution < 1.29 is 19.3 Å². The molecular weight excluding hydrogens is 184 g/mol. The zero-order valence-corrected chi connectivity index (χ0v) is 8.99. The van der Waals surface area contributed by atoms with E-state index < -0.39 is 12.3 Å². The van der Waals surface area contributed by atoms with Crippen LogP contribution < -0.4 is 0 Å². The first-order valence-corrected chi connectivity index (χ1v) is 4.51. The second-order valence-corrected chi connectivity index (χ2v) is 4.53. The zero-order valence-electron chi connectivity index (χ0n) is 8.99. The summed E-state index contributed by atoms with van der Waals surface area (Å²) in [5.41, 5.74) is 0.242. The minimum atomic E-state index is -0.612. The number of ether oxygens (including phenoxy) is 1. The molecule has 2 unspecified atom stereocenters. The van der Waals surface area contributed by atoms with Gasteiger partial charge in [-0.25, -0.2) is 9.68 Å². The van der Waals surface area contributed by atoms with Gasteiger partial charge in [0.2, 0.25) is 0 Å². The third-order valence-corrected chi connectivity index (χ3v) is 1.93. The first kappa shape index (κ1) is 11.2. The molecule has 80 valence electrons. The molecule has 0 aromatic rings. The van der Waals surface area contributed by atoms with Crippen molar-refractivity contribution in [3.8, 4) is 0 Å². The maximum absolute atomic E-state index is 11.2. The Morgan fingerprint density at radius 2 is 1.93 bits per heavy atom. The maximum Gasteiger partial charge on any atom is 0.335 e. The second-order valence-electron chi connectivity index (χ2n) is 4.53. The summed E-state index contributed by atoms with van der Waals surface area (Å²) in [6.45, 7) is 11.0. The summed E-state index contributed by atoms with van der Waals surface area (Å²) >= 11 is 0. The molecule has 1 aliphatic rings. The lowest BCUT2D eigenvalue weighted by Crippen LogP contribution is -2.52. The highest BCUT2D eigenvalue weighted by atomic mass is 17.3. The summed E-state index contributed by atoms with van der Waals surface area (Å²) in [5, 5.41) is 0. The van der Waals surface area contributed by atoms with E-state index in [9.17, 15) is 4.79 Å². The van der Waals surface area contributed by atoms with Gasteiger partial charge in [-0.2, -0.15) is 4.89 Å². The Kier molecular flexibility index (Phi) is 2.97. The molecule has 0 aromatic heterocycles. The lowest BCUT2D eigenvalue weighted by atomic mass is 9.88. The quantitative estimate of drug-likeness (QED) is 0.387. The average molecular weight is 200 g/mol. The Balaban J connectivity index is 2.48. The molecule has 0 spiro atoms. The number of hydrogen-bond acceptors (Lipinski definition) is 4. The van der Waals surface area contributed by atoms with E-state index in [1.165, 1.54) is 0 Å². The van der Waals surface area contributed by atoms with Gasteiger partial charge < -0.3 is 4.74 Å². The van der Waals surface area contributed by atoms with E-state index >= 15 is 0 Å². The lowest BCUT2D eigenvalue weighted by molar-refractivity contribution is -0.525. The van der Waals surface area contributed by atoms with E-state index in [0.717, 1.165) is 0 Å². The fraction of sp³-hybridized carbons (Fsp3) is 0.700. The summed E-state index contributed by atoms with van der Waals surface area (Å²) in [5.74, 6) is -0.451. The highest BCUT2D eigenvalue weighted by molar-refractivity contribution is 5.87. The van der Waals surface area contributed by atoms with Gasteiger partial charge in [0.25, 0.3) is 6.29 Å².